The number of thiazole rings is 1. The van der Waals surface area contributed by atoms with Crippen LogP contribution in [0.5, 0.6) is 5.75 Å². The number of benzene rings is 1. The Labute approximate surface area is 116 Å². The highest BCUT2D eigenvalue weighted by Crippen LogP contribution is 2.24. The summed E-state index contributed by atoms with van der Waals surface area (Å²) in [6.07, 6.45) is 1.73. The molecule has 0 aliphatic carbocycles. The van der Waals surface area contributed by atoms with Crippen molar-refractivity contribution in [2.45, 2.75) is 33.0 Å². The molecule has 0 atom stereocenters. The van der Waals surface area contributed by atoms with Crippen LogP contribution in [0, 0.1) is 5.82 Å². The summed E-state index contributed by atoms with van der Waals surface area (Å²) in [6, 6.07) is 5.34. The van der Waals surface area contributed by atoms with Crippen LogP contribution in [0.1, 0.15) is 24.3 Å². The second kappa shape index (κ2) is 6.63. The molecule has 5 heteroatoms. The monoisotopic (exact) mass is 280 g/mol. The second-order valence-electron chi connectivity index (χ2n) is 4.52. The molecule has 0 aliphatic rings. The third kappa shape index (κ3) is 4.01. The Morgan fingerprint density at radius 3 is 2.95 bits per heavy atom. The lowest BCUT2D eigenvalue weighted by Crippen LogP contribution is -2.22. The van der Waals surface area contributed by atoms with Crippen molar-refractivity contribution < 1.29 is 9.13 Å². The molecule has 0 amide bonds. The fraction of sp³-hybridized carbons (Fsp3) is 0.357. The summed E-state index contributed by atoms with van der Waals surface area (Å²) in [6.45, 7) is 5.04. The van der Waals surface area contributed by atoms with Gasteiger partial charge in [-0.05, 0) is 6.07 Å². The maximum absolute atomic E-state index is 13.8. The van der Waals surface area contributed by atoms with Gasteiger partial charge in [0.1, 0.15) is 6.61 Å². The van der Waals surface area contributed by atoms with Crippen LogP contribution < -0.4 is 10.1 Å². The van der Waals surface area contributed by atoms with Crippen LogP contribution in [0.25, 0.3) is 0 Å². The Bertz CT molecular complexity index is 514. The largest absolute Gasteiger partial charge is 0.485 e. The molecule has 2 rings (SSSR count). The number of nitrogens with one attached hydrogen (secondary N) is 1. The second-order valence-corrected chi connectivity index (χ2v) is 5.49. The highest BCUT2D eigenvalue weighted by molar-refractivity contribution is 7.09. The molecular formula is C14H17FN2OS. The van der Waals surface area contributed by atoms with Crippen LogP contribution in [0.15, 0.2) is 29.9 Å². The molecule has 0 unspecified atom stereocenters. The van der Waals surface area contributed by atoms with E-state index in [9.17, 15) is 4.39 Å². The minimum Gasteiger partial charge on any atom is -0.485 e. The zero-order chi connectivity index (χ0) is 13.7. The number of hydrogen-bond acceptors (Lipinski definition) is 4. The Balaban J connectivity index is 2.08. The lowest BCUT2D eigenvalue weighted by molar-refractivity contribution is 0.288. The summed E-state index contributed by atoms with van der Waals surface area (Å²) in [5.41, 5.74) is 2.57. The quantitative estimate of drug-likeness (QED) is 0.881. The molecule has 1 heterocycles. The van der Waals surface area contributed by atoms with Crippen molar-refractivity contribution in [1.29, 1.82) is 0 Å². The maximum Gasteiger partial charge on any atom is 0.165 e. The van der Waals surface area contributed by atoms with Crippen molar-refractivity contribution in [3.8, 4) is 5.75 Å². The number of nitrogens with zero attached hydrogens (tertiary/aromatic N) is 1. The predicted octanol–water partition coefficient (Wildman–Crippen LogP) is 3.36. The van der Waals surface area contributed by atoms with Crippen molar-refractivity contribution in [2.24, 2.45) is 0 Å². The molecule has 0 fully saturated rings. The fourth-order valence-electron chi connectivity index (χ4n) is 1.63. The SMILES string of the molecule is CC(C)NCc1cccc(F)c1OCc1cncs1. The molecule has 0 saturated carbocycles. The Kier molecular flexibility index (Phi) is 4.87. The molecule has 0 bridgehead atoms. The van der Waals surface area contributed by atoms with E-state index in [1.807, 2.05) is 6.07 Å². The van der Waals surface area contributed by atoms with E-state index < -0.39 is 0 Å². The van der Waals surface area contributed by atoms with Gasteiger partial charge < -0.3 is 10.1 Å². The van der Waals surface area contributed by atoms with Crippen molar-refractivity contribution in [3.63, 3.8) is 0 Å². The van der Waals surface area contributed by atoms with Crippen LogP contribution in [0.2, 0.25) is 0 Å². The van der Waals surface area contributed by atoms with Crippen molar-refractivity contribution in [1.82, 2.24) is 10.3 Å². The van der Waals surface area contributed by atoms with E-state index in [2.05, 4.69) is 24.1 Å². The van der Waals surface area contributed by atoms with Crippen LogP contribution in [0.3, 0.4) is 0 Å². The molecule has 2 aromatic rings. The van der Waals surface area contributed by atoms with Crippen LogP contribution in [0.4, 0.5) is 4.39 Å². The third-order valence-corrected chi connectivity index (χ3v) is 3.34. The highest BCUT2D eigenvalue weighted by atomic mass is 32.1. The minimum atomic E-state index is -0.326. The Morgan fingerprint density at radius 2 is 2.26 bits per heavy atom. The van der Waals surface area contributed by atoms with Crippen molar-refractivity contribution >= 4 is 11.3 Å². The lowest BCUT2D eigenvalue weighted by atomic mass is 10.2. The molecule has 0 aliphatic heterocycles. The summed E-state index contributed by atoms with van der Waals surface area (Å²) in [5.74, 6) is -0.00313. The van der Waals surface area contributed by atoms with Gasteiger partial charge >= 0.3 is 0 Å². The van der Waals surface area contributed by atoms with Gasteiger partial charge in [0.25, 0.3) is 0 Å². The van der Waals surface area contributed by atoms with E-state index in [1.165, 1.54) is 17.4 Å². The summed E-state index contributed by atoms with van der Waals surface area (Å²) in [5, 5.41) is 3.27. The zero-order valence-electron chi connectivity index (χ0n) is 11.0. The summed E-state index contributed by atoms with van der Waals surface area (Å²) in [7, 11) is 0. The lowest BCUT2D eigenvalue weighted by Gasteiger charge is -2.14. The van der Waals surface area contributed by atoms with Gasteiger partial charge in [-0.15, -0.1) is 11.3 Å². The molecule has 19 heavy (non-hydrogen) atoms. The maximum atomic E-state index is 13.8. The summed E-state index contributed by atoms with van der Waals surface area (Å²) >= 11 is 1.50. The Hall–Kier alpha value is -1.46. The molecule has 0 radical (unpaired) electrons. The smallest absolute Gasteiger partial charge is 0.165 e. The summed E-state index contributed by atoms with van der Waals surface area (Å²) in [4.78, 5) is 4.95. The van der Waals surface area contributed by atoms with Crippen molar-refractivity contribution in [2.75, 3.05) is 0 Å². The highest BCUT2D eigenvalue weighted by Gasteiger charge is 2.10. The van der Waals surface area contributed by atoms with E-state index in [-0.39, 0.29) is 5.82 Å². The van der Waals surface area contributed by atoms with Crippen LogP contribution in [-0.2, 0) is 13.2 Å². The van der Waals surface area contributed by atoms with Crippen molar-refractivity contribution in [3.05, 3.63) is 46.2 Å². The number of halogens is 1. The van der Waals surface area contributed by atoms with E-state index in [4.69, 9.17) is 4.74 Å². The topological polar surface area (TPSA) is 34.1 Å². The molecule has 3 nitrogen and oxygen atoms in total. The molecular weight excluding hydrogens is 263 g/mol. The van der Waals surface area contributed by atoms with Gasteiger partial charge in [0.05, 0.1) is 10.4 Å². The first-order valence-corrected chi connectivity index (χ1v) is 7.05. The number of aromatic nitrogens is 1. The first-order chi connectivity index (χ1) is 9.16. The van der Waals surface area contributed by atoms with E-state index in [0.29, 0.717) is 24.9 Å². The molecule has 102 valence electrons. The first-order valence-electron chi connectivity index (χ1n) is 6.17. The normalized spacial score (nSPS) is 10.9. The molecule has 1 N–H and O–H groups in total. The average Bonchev–Trinajstić information content (AvgIpc) is 2.88. The molecule has 1 aromatic heterocycles. The van der Waals surface area contributed by atoms with Gasteiger partial charge in [0.2, 0.25) is 0 Å². The first kappa shape index (κ1) is 14.0. The van der Waals surface area contributed by atoms with Gasteiger partial charge in [0.15, 0.2) is 11.6 Å². The minimum absolute atomic E-state index is 0.323. The van der Waals surface area contributed by atoms with E-state index >= 15 is 0 Å². The van der Waals surface area contributed by atoms with E-state index in [0.717, 1.165) is 10.4 Å². The third-order valence-electron chi connectivity index (χ3n) is 2.59. The molecule has 0 spiro atoms. The van der Waals surface area contributed by atoms with Crippen LogP contribution in [-0.4, -0.2) is 11.0 Å². The van der Waals surface area contributed by atoms with Gasteiger partial charge in [-0.1, -0.05) is 26.0 Å². The number of ether oxygens (including phenoxy) is 1. The molecule has 0 saturated heterocycles. The van der Waals surface area contributed by atoms with Crippen LogP contribution >= 0.6 is 11.3 Å². The number of hydrogen-bond donors (Lipinski definition) is 1. The van der Waals surface area contributed by atoms with E-state index in [1.54, 1.807) is 17.8 Å². The predicted molar refractivity (Wildman–Crippen MR) is 74.8 cm³/mol. The van der Waals surface area contributed by atoms with Gasteiger partial charge in [0, 0.05) is 24.3 Å². The number of rotatable bonds is 6. The average molecular weight is 280 g/mol. The molecule has 1 aromatic carbocycles. The van der Waals surface area contributed by atoms with Gasteiger partial charge in [-0.3, -0.25) is 4.98 Å². The Morgan fingerprint density at radius 1 is 1.42 bits per heavy atom. The van der Waals surface area contributed by atoms with Gasteiger partial charge in [-0.25, -0.2) is 4.39 Å². The summed E-state index contributed by atoms with van der Waals surface area (Å²) < 4.78 is 19.4. The van der Waals surface area contributed by atoms with Gasteiger partial charge in [-0.2, -0.15) is 0 Å². The number of para-hydroxylation sites is 1. The zero-order valence-corrected chi connectivity index (χ0v) is 11.8. The fourth-order valence-corrected chi connectivity index (χ4v) is 2.13. The standard InChI is InChI=1S/C14H17FN2OS/c1-10(2)17-6-11-4-3-5-13(15)14(11)18-8-12-7-16-9-19-12/h3-5,7,9-10,17H,6,8H2,1-2H3.